The van der Waals surface area contributed by atoms with Crippen LogP contribution in [0.3, 0.4) is 0 Å². The van der Waals surface area contributed by atoms with Gasteiger partial charge in [-0.25, -0.2) is 9.48 Å². The number of halogens is 1. The maximum absolute atomic E-state index is 12.3. The molecule has 2 aromatic carbocycles. The van der Waals surface area contributed by atoms with Gasteiger partial charge in [-0.2, -0.15) is 0 Å². The zero-order chi connectivity index (χ0) is 16.4. The average molecular weight is 329 g/mol. The van der Waals surface area contributed by atoms with E-state index in [0.717, 1.165) is 0 Å². The van der Waals surface area contributed by atoms with Gasteiger partial charge in [0, 0.05) is 5.02 Å². The van der Waals surface area contributed by atoms with E-state index in [9.17, 15) is 4.79 Å². The molecule has 7 heteroatoms. The molecule has 0 saturated heterocycles. The number of carbonyl (C=O) groups is 1. The first-order chi connectivity index (χ1) is 11.1. The first-order valence-electron chi connectivity index (χ1n) is 6.76. The van der Waals surface area contributed by atoms with Crippen molar-refractivity contribution in [2.75, 3.05) is 7.11 Å². The summed E-state index contributed by atoms with van der Waals surface area (Å²) in [7, 11) is 1.29. The van der Waals surface area contributed by atoms with Gasteiger partial charge in [-0.3, -0.25) is 0 Å². The number of esters is 1. The highest BCUT2D eigenvalue weighted by Gasteiger charge is 2.21. The number of hydrogen-bond acceptors (Lipinski definition) is 5. The van der Waals surface area contributed by atoms with Crippen molar-refractivity contribution in [3.8, 4) is 0 Å². The molecule has 0 aliphatic carbocycles. The third-order valence-corrected chi connectivity index (χ3v) is 3.60. The number of methoxy groups -OCH3 is 1. The van der Waals surface area contributed by atoms with Crippen molar-refractivity contribution in [2.45, 2.75) is 0 Å². The molecule has 0 bridgehead atoms. The smallest absolute Gasteiger partial charge is 0.358 e. The Hall–Kier alpha value is -2.86. The molecule has 0 atom stereocenters. The molecule has 0 saturated carbocycles. The molecule has 6 nitrogen and oxygen atoms in total. The summed E-state index contributed by atoms with van der Waals surface area (Å²) in [6.45, 7) is 0. The molecule has 0 aliphatic heterocycles. The summed E-state index contributed by atoms with van der Waals surface area (Å²) in [5.74, 6) is -0.604. The predicted molar refractivity (Wildman–Crippen MR) is 88.3 cm³/mol. The number of benzene rings is 2. The van der Waals surface area contributed by atoms with Gasteiger partial charge in [0.05, 0.1) is 18.3 Å². The van der Waals surface area contributed by atoms with Crippen LogP contribution < -0.4 is 5.73 Å². The Kier molecular flexibility index (Phi) is 3.99. The molecule has 2 N–H and O–H groups in total. The summed E-state index contributed by atoms with van der Waals surface area (Å²) in [4.78, 5) is 12.3. The van der Waals surface area contributed by atoms with Crippen molar-refractivity contribution < 1.29 is 9.53 Å². The molecular weight excluding hydrogens is 316 g/mol. The van der Waals surface area contributed by atoms with Crippen LogP contribution in [-0.4, -0.2) is 28.1 Å². The number of hydrogen-bond donors (Lipinski definition) is 1. The summed E-state index contributed by atoms with van der Waals surface area (Å²) in [6, 6.07) is 14.1. The average Bonchev–Trinajstić information content (AvgIpc) is 2.99. The molecule has 1 aromatic heterocycles. The molecule has 3 rings (SSSR count). The minimum Gasteiger partial charge on any atom is -0.464 e. The highest BCUT2D eigenvalue weighted by Crippen LogP contribution is 2.23. The largest absolute Gasteiger partial charge is 0.464 e. The Bertz CT molecular complexity index is 900. The molecule has 0 amide bonds. The molecule has 0 spiro atoms. The van der Waals surface area contributed by atoms with Crippen LogP contribution in [0.15, 0.2) is 48.5 Å². The van der Waals surface area contributed by atoms with Crippen molar-refractivity contribution in [1.82, 2.24) is 15.0 Å². The van der Waals surface area contributed by atoms with Crippen molar-refractivity contribution in [3.05, 3.63) is 59.1 Å². The van der Waals surface area contributed by atoms with E-state index >= 15 is 0 Å². The summed E-state index contributed by atoms with van der Waals surface area (Å²) in [5.41, 5.74) is 8.46. The van der Waals surface area contributed by atoms with Crippen molar-refractivity contribution in [3.63, 3.8) is 0 Å². The Morgan fingerprint density at radius 1 is 1.17 bits per heavy atom. The Balaban J connectivity index is 2.24. The number of rotatable bonds is 3. The zero-order valence-corrected chi connectivity index (χ0v) is 13.0. The summed E-state index contributed by atoms with van der Waals surface area (Å²) >= 11 is 5.89. The fourth-order valence-electron chi connectivity index (χ4n) is 2.21. The highest BCUT2D eigenvalue weighted by molar-refractivity contribution is 6.30. The minimum atomic E-state index is -0.604. The Morgan fingerprint density at radius 3 is 2.57 bits per heavy atom. The van der Waals surface area contributed by atoms with Gasteiger partial charge in [-0.15, -0.1) is 5.10 Å². The van der Waals surface area contributed by atoms with E-state index in [-0.39, 0.29) is 11.4 Å². The number of ether oxygens (including phenoxy) is 1. The normalized spacial score (nSPS) is 12.1. The van der Waals surface area contributed by atoms with E-state index in [1.807, 2.05) is 12.1 Å². The van der Waals surface area contributed by atoms with Crippen LogP contribution in [0.2, 0.25) is 5.02 Å². The molecule has 0 unspecified atom stereocenters. The van der Waals surface area contributed by atoms with Crippen LogP contribution in [0.5, 0.6) is 0 Å². The lowest BCUT2D eigenvalue weighted by molar-refractivity contribution is -0.134. The number of aromatic nitrogens is 3. The number of nitrogens with two attached hydrogens (primary N) is 1. The highest BCUT2D eigenvalue weighted by atomic mass is 35.5. The third kappa shape index (κ3) is 2.76. The van der Waals surface area contributed by atoms with Gasteiger partial charge >= 0.3 is 5.97 Å². The second-order valence-electron chi connectivity index (χ2n) is 4.75. The van der Waals surface area contributed by atoms with E-state index in [2.05, 4.69) is 10.3 Å². The van der Waals surface area contributed by atoms with Crippen molar-refractivity contribution in [1.29, 1.82) is 0 Å². The Morgan fingerprint density at radius 2 is 1.87 bits per heavy atom. The van der Waals surface area contributed by atoms with Gasteiger partial charge in [-0.05, 0) is 29.8 Å². The number of fused-ring (bicyclic) bond motifs is 1. The van der Waals surface area contributed by atoms with Crippen LogP contribution in [0, 0.1) is 0 Å². The van der Waals surface area contributed by atoms with Crippen LogP contribution in [-0.2, 0) is 9.53 Å². The molecule has 1 heterocycles. The summed E-state index contributed by atoms with van der Waals surface area (Å²) < 4.78 is 6.24. The molecule has 116 valence electrons. The maximum atomic E-state index is 12.3. The van der Waals surface area contributed by atoms with Gasteiger partial charge < -0.3 is 10.5 Å². The standard InChI is InChI=1S/C16H13ClN4O2/c1-23-16(22)15(14(18)10-6-8-11(17)9-7-10)21-13-5-3-2-4-12(13)19-20-21/h2-9H,18H2,1H3/b15-14+. The van der Waals surface area contributed by atoms with E-state index in [1.165, 1.54) is 11.8 Å². The van der Waals surface area contributed by atoms with Crippen molar-refractivity contribution >= 4 is 40.0 Å². The second-order valence-corrected chi connectivity index (χ2v) is 5.19. The van der Waals surface area contributed by atoms with Crippen molar-refractivity contribution in [2.24, 2.45) is 5.73 Å². The van der Waals surface area contributed by atoms with Crippen LogP contribution in [0.25, 0.3) is 22.4 Å². The quantitative estimate of drug-likeness (QED) is 0.590. The SMILES string of the molecule is COC(=O)/C(=C(\N)c1ccc(Cl)cc1)n1nnc2ccccc21. The Labute approximate surface area is 137 Å². The fourth-order valence-corrected chi connectivity index (χ4v) is 2.33. The molecule has 0 radical (unpaired) electrons. The summed E-state index contributed by atoms with van der Waals surface area (Å²) in [6.07, 6.45) is 0. The van der Waals surface area contributed by atoms with Gasteiger partial charge in [-0.1, -0.05) is 41.1 Å². The van der Waals surface area contributed by atoms with Gasteiger partial charge in [0.15, 0.2) is 5.70 Å². The third-order valence-electron chi connectivity index (χ3n) is 3.35. The van der Waals surface area contributed by atoms with Crippen LogP contribution >= 0.6 is 11.6 Å². The summed E-state index contributed by atoms with van der Waals surface area (Å²) in [5, 5.41) is 8.65. The molecule has 0 aliphatic rings. The van der Waals surface area contributed by atoms with E-state index in [0.29, 0.717) is 21.6 Å². The van der Waals surface area contributed by atoms with Crippen LogP contribution in [0.1, 0.15) is 5.56 Å². The lowest BCUT2D eigenvalue weighted by Gasteiger charge is -2.11. The number of nitrogens with zero attached hydrogens (tertiary/aromatic N) is 3. The fraction of sp³-hybridized carbons (Fsp3) is 0.0625. The van der Waals surface area contributed by atoms with Gasteiger partial charge in [0.25, 0.3) is 0 Å². The molecular formula is C16H13ClN4O2. The van der Waals surface area contributed by atoms with E-state index in [1.54, 1.807) is 36.4 Å². The molecule has 3 aromatic rings. The first kappa shape index (κ1) is 15.1. The van der Waals surface area contributed by atoms with Gasteiger partial charge in [0.1, 0.15) is 5.52 Å². The van der Waals surface area contributed by atoms with Crippen LogP contribution in [0.4, 0.5) is 0 Å². The maximum Gasteiger partial charge on any atom is 0.358 e. The number of para-hydroxylation sites is 1. The lowest BCUT2D eigenvalue weighted by Crippen LogP contribution is -2.17. The predicted octanol–water partition coefficient (Wildman–Crippen LogP) is 2.54. The first-order valence-corrected chi connectivity index (χ1v) is 7.14. The lowest BCUT2D eigenvalue weighted by atomic mass is 10.1. The number of carbonyl (C=O) groups excluding carboxylic acids is 1. The topological polar surface area (TPSA) is 83.0 Å². The van der Waals surface area contributed by atoms with Gasteiger partial charge in [0.2, 0.25) is 0 Å². The molecule has 0 fully saturated rings. The second kappa shape index (κ2) is 6.10. The zero-order valence-electron chi connectivity index (χ0n) is 12.2. The monoisotopic (exact) mass is 328 g/mol. The molecule has 23 heavy (non-hydrogen) atoms. The van der Waals surface area contributed by atoms with E-state index < -0.39 is 5.97 Å². The van der Waals surface area contributed by atoms with E-state index in [4.69, 9.17) is 22.1 Å². The minimum absolute atomic E-state index is 0.100.